The van der Waals surface area contributed by atoms with Crippen molar-refractivity contribution in [2.75, 3.05) is 25.0 Å². The summed E-state index contributed by atoms with van der Waals surface area (Å²) in [6, 6.07) is 4.85. The number of aromatic nitrogens is 1. The first-order chi connectivity index (χ1) is 15.3. The van der Waals surface area contributed by atoms with Gasteiger partial charge in [-0.05, 0) is 57.4 Å². The van der Waals surface area contributed by atoms with Gasteiger partial charge >= 0.3 is 0 Å². The number of amides is 1. The van der Waals surface area contributed by atoms with E-state index in [0.29, 0.717) is 24.3 Å². The maximum absolute atomic E-state index is 13.0. The number of likely N-dealkylation sites (tertiary alicyclic amines) is 1. The van der Waals surface area contributed by atoms with E-state index < -0.39 is 15.9 Å². The number of carbonyl (C=O) groups is 1. The van der Waals surface area contributed by atoms with Gasteiger partial charge in [0.15, 0.2) is 5.13 Å². The predicted molar refractivity (Wildman–Crippen MR) is 128 cm³/mol. The topological polar surface area (TPSA) is 82.6 Å². The van der Waals surface area contributed by atoms with Crippen LogP contribution in [0.5, 0.6) is 0 Å². The molecular weight excluding hydrogens is 468 g/mol. The molecule has 2 aromatic rings. The molecule has 2 aliphatic rings. The van der Waals surface area contributed by atoms with Crippen LogP contribution >= 0.6 is 22.9 Å². The van der Waals surface area contributed by atoms with Gasteiger partial charge in [-0.15, -0.1) is 11.3 Å². The number of piperidine rings is 2. The number of hydrogen-bond acceptors (Lipinski definition) is 6. The highest BCUT2D eigenvalue weighted by atomic mass is 35.5. The first-order valence-electron chi connectivity index (χ1n) is 11.1. The van der Waals surface area contributed by atoms with E-state index in [1.54, 1.807) is 6.20 Å². The minimum absolute atomic E-state index is 0.0906. The van der Waals surface area contributed by atoms with Gasteiger partial charge in [-0.3, -0.25) is 15.0 Å². The van der Waals surface area contributed by atoms with Crippen LogP contribution in [0.3, 0.4) is 0 Å². The second-order valence-electron chi connectivity index (χ2n) is 8.51. The number of nitrogens with one attached hydrogen (secondary N) is 1. The standard InChI is InChI=1S/C22H29ClN4O3S2/c1-16-7-3-6-10-26(16)15-17-14-24-22(31-17)25-21(28)19-13-18(8-9-20(19)23)32(29,30)27-11-4-2-5-12-27/h8-9,13-14,16H,2-7,10-12,15H2,1H3,(H,24,25,28). The Kier molecular flexibility index (Phi) is 7.51. The Morgan fingerprint density at radius 1 is 1.19 bits per heavy atom. The zero-order valence-corrected chi connectivity index (χ0v) is 20.6. The van der Waals surface area contributed by atoms with Crippen molar-refractivity contribution in [2.24, 2.45) is 0 Å². The lowest BCUT2D eigenvalue weighted by Gasteiger charge is -2.32. The second kappa shape index (κ2) is 10.2. The number of carbonyl (C=O) groups excluding carboxylic acids is 1. The average Bonchev–Trinajstić information content (AvgIpc) is 3.22. The van der Waals surface area contributed by atoms with E-state index in [0.717, 1.165) is 37.2 Å². The Labute approximate surface area is 198 Å². The number of thiazole rings is 1. The van der Waals surface area contributed by atoms with E-state index >= 15 is 0 Å². The van der Waals surface area contributed by atoms with Crippen LogP contribution in [-0.4, -0.2) is 54.2 Å². The molecule has 3 heterocycles. The minimum Gasteiger partial charge on any atom is -0.298 e. The van der Waals surface area contributed by atoms with Crippen molar-refractivity contribution in [3.8, 4) is 0 Å². The largest absolute Gasteiger partial charge is 0.298 e. The molecule has 1 atom stereocenters. The van der Waals surface area contributed by atoms with Crippen molar-refractivity contribution in [3.63, 3.8) is 0 Å². The highest BCUT2D eigenvalue weighted by Gasteiger charge is 2.27. The van der Waals surface area contributed by atoms with Crippen LogP contribution < -0.4 is 5.32 Å². The second-order valence-corrected chi connectivity index (χ2v) is 12.0. The summed E-state index contributed by atoms with van der Waals surface area (Å²) in [4.78, 5) is 20.8. The monoisotopic (exact) mass is 496 g/mol. The van der Waals surface area contributed by atoms with Gasteiger partial charge in [0.1, 0.15) is 0 Å². The van der Waals surface area contributed by atoms with Crippen molar-refractivity contribution < 1.29 is 13.2 Å². The van der Waals surface area contributed by atoms with Crippen LogP contribution in [0.4, 0.5) is 5.13 Å². The van der Waals surface area contributed by atoms with Crippen molar-refractivity contribution >= 4 is 44.0 Å². The average molecular weight is 497 g/mol. The lowest BCUT2D eigenvalue weighted by Crippen LogP contribution is -2.36. The molecule has 7 nitrogen and oxygen atoms in total. The van der Waals surface area contributed by atoms with Gasteiger partial charge in [-0.1, -0.05) is 24.4 Å². The van der Waals surface area contributed by atoms with Crippen molar-refractivity contribution in [1.29, 1.82) is 0 Å². The van der Waals surface area contributed by atoms with Crippen molar-refractivity contribution in [2.45, 2.75) is 62.9 Å². The smallest absolute Gasteiger partial charge is 0.259 e. The molecule has 10 heteroatoms. The van der Waals surface area contributed by atoms with Crippen LogP contribution in [0.2, 0.25) is 5.02 Å². The summed E-state index contributed by atoms with van der Waals surface area (Å²) in [7, 11) is -3.65. The van der Waals surface area contributed by atoms with Crippen molar-refractivity contribution in [1.82, 2.24) is 14.2 Å². The van der Waals surface area contributed by atoms with Gasteiger partial charge in [-0.2, -0.15) is 4.31 Å². The molecule has 1 N–H and O–H groups in total. The molecule has 2 aliphatic heterocycles. The molecule has 1 aromatic heterocycles. The van der Waals surface area contributed by atoms with Crippen LogP contribution in [0.1, 0.15) is 60.7 Å². The third kappa shape index (κ3) is 5.34. The van der Waals surface area contributed by atoms with Crippen LogP contribution in [0.25, 0.3) is 0 Å². The first kappa shape index (κ1) is 23.6. The molecule has 2 fully saturated rings. The molecule has 1 aromatic carbocycles. The molecule has 2 saturated heterocycles. The minimum atomic E-state index is -3.65. The van der Waals surface area contributed by atoms with E-state index in [1.807, 2.05) is 0 Å². The number of anilines is 1. The number of sulfonamides is 1. The Hall–Kier alpha value is -1.52. The summed E-state index contributed by atoms with van der Waals surface area (Å²) in [5.41, 5.74) is 0.131. The lowest BCUT2D eigenvalue weighted by molar-refractivity contribution is 0.102. The fourth-order valence-corrected chi connectivity index (χ4v) is 6.87. The predicted octanol–water partition coefficient (Wildman–Crippen LogP) is 4.60. The quantitative estimate of drug-likeness (QED) is 0.632. The highest BCUT2D eigenvalue weighted by molar-refractivity contribution is 7.89. The molecule has 0 radical (unpaired) electrons. The van der Waals surface area contributed by atoms with Gasteiger partial charge < -0.3 is 0 Å². The molecule has 1 amide bonds. The number of nitrogens with zero attached hydrogens (tertiary/aromatic N) is 3. The maximum atomic E-state index is 13.0. The van der Waals surface area contributed by atoms with Gasteiger partial charge in [-0.25, -0.2) is 13.4 Å². The van der Waals surface area contributed by atoms with Crippen molar-refractivity contribution in [3.05, 3.63) is 39.9 Å². The summed E-state index contributed by atoms with van der Waals surface area (Å²) in [5.74, 6) is -0.460. The number of hydrogen-bond donors (Lipinski definition) is 1. The van der Waals surface area contributed by atoms with Gasteiger partial charge in [0.05, 0.1) is 15.5 Å². The Morgan fingerprint density at radius 2 is 1.94 bits per heavy atom. The van der Waals surface area contributed by atoms with E-state index in [-0.39, 0.29) is 15.5 Å². The molecule has 32 heavy (non-hydrogen) atoms. The lowest BCUT2D eigenvalue weighted by atomic mass is 10.0. The normalized spacial score (nSPS) is 20.9. The van der Waals surface area contributed by atoms with E-state index in [9.17, 15) is 13.2 Å². The van der Waals surface area contributed by atoms with Gasteiger partial charge in [0, 0.05) is 36.8 Å². The zero-order chi connectivity index (χ0) is 22.7. The van der Waals surface area contributed by atoms with Crippen LogP contribution in [-0.2, 0) is 16.6 Å². The summed E-state index contributed by atoms with van der Waals surface area (Å²) in [6.45, 7) is 5.15. The molecule has 0 aliphatic carbocycles. The van der Waals surface area contributed by atoms with Crippen LogP contribution in [0.15, 0.2) is 29.3 Å². The molecule has 174 valence electrons. The summed E-state index contributed by atoms with van der Waals surface area (Å²) in [6.07, 6.45) is 8.22. The van der Waals surface area contributed by atoms with E-state index in [2.05, 4.69) is 22.1 Å². The van der Waals surface area contributed by atoms with E-state index in [1.165, 1.54) is 53.1 Å². The Balaban J connectivity index is 1.46. The highest BCUT2D eigenvalue weighted by Crippen LogP contribution is 2.28. The fraction of sp³-hybridized carbons (Fsp3) is 0.545. The molecule has 1 unspecified atom stereocenters. The number of benzene rings is 1. The number of halogens is 1. The Morgan fingerprint density at radius 3 is 2.69 bits per heavy atom. The molecule has 0 spiro atoms. The molecule has 4 rings (SSSR count). The van der Waals surface area contributed by atoms with Gasteiger partial charge in [0.2, 0.25) is 10.0 Å². The van der Waals surface area contributed by atoms with Gasteiger partial charge in [0.25, 0.3) is 5.91 Å². The zero-order valence-electron chi connectivity index (χ0n) is 18.2. The SMILES string of the molecule is CC1CCCCN1Cc1cnc(NC(=O)c2cc(S(=O)(=O)N3CCCCC3)ccc2Cl)s1. The summed E-state index contributed by atoms with van der Waals surface area (Å²) < 4.78 is 27.5. The molecule has 0 bridgehead atoms. The summed E-state index contributed by atoms with van der Waals surface area (Å²) in [5, 5.41) is 3.47. The molecule has 0 saturated carbocycles. The van der Waals surface area contributed by atoms with Crippen LogP contribution in [0, 0.1) is 0 Å². The third-order valence-corrected chi connectivity index (χ3v) is 9.33. The maximum Gasteiger partial charge on any atom is 0.259 e. The molecular formula is C22H29ClN4O3S2. The number of rotatable bonds is 6. The Bertz CT molecular complexity index is 1070. The summed E-state index contributed by atoms with van der Waals surface area (Å²) >= 11 is 7.69. The third-order valence-electron chi connectivity index (χ3n) is 6.21. The first-order valence-corrected chi connectivity index (χ1v) is 13.8. The fourth-order valence-electron chi connectivity index (χ4n) is 4.29. The van der Waals surface area contributed by atoms with E-state index in [4.69, 9.17) is 11.6 Å².